The van der Waals surface area contributed by atoms with Gasteiger partial charge in [0.1, 0.15) is 5.75 Å². The number of amides is 1. The van der Waals surface area contributed by atoms with E-state index in [4.69, 9.17) is 4.74 Å². The summed E-state index contributed by atoms with van der Waals surface area (Å²) in [4.78, 5) is 14.4. The van der Waals surface area contributed by atoms with Crippen molar-refractivity contribution in [1.82, 2.24) is 10.2 Å². The second-order valence-corrected chi connectivity index (χ2v) is 7.36. The highest BCUT2D eigenvalue weighted by atomic mass is 16.5. The Kier molecular flexibility index (Phi) is 7.65. The number of rotatable bonds is 10. The number of nitrogens with zero attached hydrogens (tertiary/aromatic N) is 1. The van der Waals surface area contributed by atoms with E-state index in [9.17, 15) is 4.79 Å². The van der Waals surface area contributed by atoms with Crippen LogP contribution in [-0.2, 0) is 17.9 Å². The second kappa shape index (κ2) is 10.6. The van der Waals surface area contributed by atoms with Crippen molar-refractivity contribution in [3.8, 4) is 5.75 Å². The van der Waals surface area contributed by atoms with Gasteiger partial charge in [0.15, 0.2) is 0 Å². The molecule has 0 radical (unpaired) electrons. The number of carbonyl (C=O) groups is 1. The van der Waals surface area contributed by atoms with Gasteiger partial charge in [-0.2, -0.15) is 0 Å². The fourth-order valence-electron chi connectivity index (χ4n) is 3.29. The van der Waals surface area contributed by atoms with Gasteiger partial charge in [0, 0.05) is 24.9 Å². The molecule has 0 bridgehead atoms. The molecule has 0 unspecified atom stereocenters. The number of nitrogens with one attached hydrogen (secondary N) is 1. The number of carbonyl (C=O) groups excluding carboxylic acids is 1. The van der Waals surface area contributed by atoms with E-state index in [0.717, 1.165) is 35.2 Å². The molecule has 29 heavy (non-hydrogen) atoms. The minimum absolute atomic E-state index is 0.0580. The molecule has 3 aromatic carbocycles. The maximum Gasteiger partial charge on any atom is 0.220 e. The molecule has 0 aliphatic heterocycles. The molecular weight excluding hydrogens is 360 g/mol. The van der Waals surface area contributed by atoms with E-state index in [1.165, 1.54) is 5.56 Å². The van der Waals surface area contributed by atoms with E-state index in [-0.39, 0.29) is 5.91 Å². The summed E-state index contributed by atoms with van der Waals surface area (Å²) in [7, 11) is 2.11. The van der Waals surface area contributed by atoms with Crippen LogP contribution >= 0.6 is 0 Å². The highest BCUT2D eigenvalue weighted by molar-refractivity contribution is 5.88. The first-order chi connectivity index (χ1) is 14.2. The van der Waals surface area contributed by atoms with Crippen molar-refractivity contribution in [2.24, 2.45) is 0 Å². The highest BCUT2D eigenvalue weighted by Gasteiger charge is 2.05. The molecule has 152 valence electrons. The lowest BCUT2D eigenvalue weighted by molar-refractivity contribution is -0.121. The van der Waals surface area contributed by atoms with E-state index < -0.39 is 0 Å². The van der Waals surface area contributed by atoms with Crippen molar-refractivity contribution < 1.29 is 9.53 Å². The monoisotopic (exact) mass is 390 g/mol. The molecule has 0 saturated carbocycles. The molecule has 0 aromatic heterocycles. The minimum Gasteiger partial charge on any atom is -0.493 e. The van der Waals surface area contributed by atoms with Crippen LogP contribution in [0.15, 0.2) is 66.7 Å². The Hall–Kier alpha value is -2.85. The molecule has 0 saturated heterocycles. The van der Waals surface area contributed by atoms with Gasteiger partial charge in [-0.25, -0.2) is 0 Å². The van der Waals surface area contributed by atoms with Gasteiger partial charge in [-0.05, 0) is 42.6 Å². The number of ether oxygens (including phenoxy) is 1. The summed E-state index contributed by atoms with van der Waals surface area (Å²) in [5.41, 5.74) is 2.40. The second-order valence-electron chi connectivity index (χ2n) is 7.36. The van der Waals surface area contributed by atoms with Crippen LogP contribution in [-0.4, -0.2) is 31.0 Å². The quantitative estimate of drug-likeness (QED) is 0.507. The van der Waals surface area contributed by atoms with E-state index in [1.54, 1.807) is 0 Å². The van der Waals surface area contributed by atoms with E-state index in [2.05, 4.69) is 66.7 Å². The maximum absolute atomic E-state index is 12.2. The Morgan fingerprint density at radius 1 is 1.00 bits per heavy atom. The number of hydrogen-bond donors (Lipinski definition) is 1. The van der Waals surface area contributed by atoms with Crippen molar-refractivity contribution in [2.45, 2.75) is 32.9 Å². The molecule has 0 aliphatic carbocycles. The lowest BCUT2D eigenvalue weighted by atomic mass is 10.1. The third-order valence-corrected chi connectivity index (χ3v) is 5.03. The molecule has 0 aliphatic rings. The zero-order chi connectivity index (χ0) is 20.5. The van der Waals surface area contributed by atoms with E-state index in [0.29, 0.717) is 26.0 Å². The van der Waals surface area contributed by atoms with Crippen LogP contribution in [0.1, 0.15) is 30.9 Å². The highest BCUT2D eigenvalue weighted by Crippen LogP contribution is 2.25. The summed E-state index contributed by atoms with van der Waals surface area (Å²) in [5.74, 6) is 0.931. The molecule has 3 rings (SSSR count). The molecule has 0 spiro atoms. The Morgan fingerprint density at radius 2 is 1.76 bits per heavy atom. The Bertz CT molecular complexity index is 934. The zero-order valence-electron chi connectivity index (χ0n) is 17.4. The van der Waals surface area contributed by atoms with Gasteiger partial charge in [-0.15, -0.1) is 0 Å². The predicted octanol–water partition coefficient (Wildman–Crippen LogP) is 4.77. The Morgan fingerprint density at radius 3 is 2.62 bits per heavy atom. The fourth-order valence-corrected chi connectivity index (χ4v) is 3.29. The van der Waals surface area contributed by atoms with Crippen LogP contribution in [0.3, 0.4) is 0 Å². The molecule has 4 nitrogen and oxygen atoms in total. The summed E-state index contributed by atoms with van der Waals surface area (Å²) in [6.07, 6.45) is 1.15. The molecule has 0 heterocycles. The van der Waals surface area contributed by atoms with Crippen LogP contribution in [0, 0.1) is 0 Å². The third kappa shape index (κ3) is 6.33. The molecule has 1 amide bonds. The maximum atomic E-state index is 12.2. The van der Waals surface area contributed by atoms with Crippen LogP contribution in [0.5, 0.6) is 5.75 Å². The fraction of sp³-hybridized carbons (Fsp3) is 0.320. The van der Waals surface area contributed by atoms with Gasteiger partial charge in [0.05, 0.1) is 6.61 Å². The van der Waals surface area contributed by atoms with Crippen LogP contribution in [0.4, 0.5) is 0 Å². The van der Waals surface area contributed by atoms with Crippen molar-refractivity contribution in [1.29, 1.82) is 0 Å². The third-order valence-electron chi connectivity index (χ3n) is 5.03. The summed E-state index contributed by atoms with van der Waals surface area (Å²) in [6, 6.07) is 22.6. The van der Waals surface area contributed by atoms with E-state index in [1.807, 2.05) is 24.3 Å². The van der Waals surface area contributed by atoms with Crippen LogP contribution in [0.25, 0.3) is 10.8 Å². The van der Waals surface area contributed by atoms with Gasteiger partial charge in [-0.3, -0.25) is 4.79 Å². The van der Waals surface area contributed by atoms with Crippen LogP contribution < -0.4 is 10.1 Å². The van der Waals surface area contributed by atoms with Crippen molar-refractivity contribution in [3.05, 3.63) is 77.9 Å². The molecule has 3 aromatic rings. The molecular formula is C25H30N2O2. The van der Waals surface area contributed by atoms with Gasteiger partial charge < -0.3 is 15.0 Å². The zero-order valence-corrected chi connectivity index (χ0v) is 17.4. The summed E-state index contributed by atoms with van der Waals surface area (Å²) < 4.78 is 5.91. The summed E-state index contributed by atoms with van der Waals surface area (Å²) in [5, 5.41) is 5.28. The lowest BCUT2D eigenvalue weighted by Gasteiger charge is -2.14. The van der Waals surface area contributed by atoms with E-state index >= 15 is 0 Å². The van der Waals surface area contributed by atoms with Crippen molar-refractivity contribution in [2.75, 3.05) is 20.2 Å². The average Bonchev–Trinajstić information content (AvgIpc) is 2.75. The normalized spacial score (nSPS) is 11.0. The SMILES string of the molecule is CCN(C)Cc1cccc(CNC(=O)CCCOc2cccc3ccccc23)c1. The first kappa shape index (κ1) is 20.9. The van der Waals surface area contributed by atoms with Crippen molar-refractivity contribution in [3.63, 3.8) is 0 Å². The Balaban J connectivity index is 1.41. The predicted molar refractivity (Wildman–Crippen MR) is 119 cm³/mol. The van der Waals surface area contributed by atoms with Crippen molar-refractivity contribution >= 4 is 16.7 Å². The molecule has 1 N–H and O–H groups in total. The van der Waals surface area contributed by atoms with Gasteiger partial charge in [0.2, 0.25) is 5.91 Å². The first-order valence-electron chi connectivity index (χ1n) is 10.3. The Labute approximate surface area is 173 Å². The summed E-state index contributed by atoms with van der Waals surface area (Å²) >= 11 is 0. The van der Waals surface area contributed by atoms with Gasteiger partial charge in [-0.1, -0.05) is 67.6 Å². The smallest absolute Gasteiger partial charge is 0.220 e. The average molecular weight is 391 g/mol. The molecule has 0 atom stereocenters. The van der Waals surface area contributed by atoms with Gasteiger partial charge >= 0.3 is 0 Å². The number of benzene rings is 3. The number of hydrogen-bond acceptors (Lipinski definition) is 3. The van der Waals surface area contributed by atoms with Crippen LogP contribution in [0.2, 0.25) is 0 Å². The standard InChI is InChI=1S/C25H30N2O2/c1-3-27(2)19-21-10-6-9-20(17-21)18-26-25(28)15-8-16-29-24-14-7-12-22-11-4-5-13-23(22)24/h4-7,9-14,17H,3,8,15-16,18-19H2,1-2H3,(H,26,28). The summed E-state index contributed by atoms with van der Waals surface area (Å²) in [6.45, 7) is 5.17. The largest absolute Gasteiger partial charge is 0.493 e. The topological polar surface area (TPSA) is 41.6 Å². The molecule has 4 heteroatoms. The minimum atomic E-state index is 0.0580. The lowest BCUT2D eigenvalue weighted by Crippen LogP contribution is -2.23. The number of fused-ring (bicyclic) bond motifs is 1. The first-order valence-corrected chi connectivity index (χ1v) is 10.3. The van der Waals surface area contributed by atoms with Gasteiger partial charge in [0.25, 0.3) is 0 Å². The molecule has 0 fully saturated rings.